The number of nitrogens with zero attached hydrogens (tertiary/aromatic N) is 1. The number of carbonyl (C=O) groups excluding carboxylic acids is 1. The summed E-state index contributed by atoms with van der Waals surface area (Å²) in [5, 5.41) is 0.677. The van der Waals surface area contributed by atoms with Crippen LogP contribution >= 0.6 is 11.6 Å². The molecule has 0 atom stereocenters. The zero-order chi connectivity index (χ0) is 21.0. The van der Waals surface area contributed by atoms with E-state index in [4.69, 9.17) is 21.1 Å². The monoisotopic (exact) mass is 416 g/mol. The topological polar surface area (TPSA) is 73.3 Å². The summed E-state index contributed by atoms with van der Waals surface area (Å²) in [6.45, 7) is 6.48. The van der Waals surface area contributed by atoms with Crippen molar-refractivity contribution < 1.29 is 14.3 Å². The molecule has 0 unspecified atom stereocenters. The molecule has 2 aromatic carbocycles. The fraction of sp³-hybridized carbons (Fsp3) is 0.364. The van der Waals surface area contributed by atoms with Gasteiger partial charge in [-0.05, 0) is 54.7 Å². The van der Waals surface area contributed by atoms with Crippen LogP contribution in [0.5, 0.6) is 5.75 Å². The van der Waals surface area contributed by atoms with Crippen molar-refractivity contribution in [1.82, 2.24) is 9.55 Å². The van der Waals surface area contributed by atoms with Crippen LogP contribution in [0.4, 0.5) is 0 Å². The molecule has 0 aliphatic heterocycles. The molecule has 0 saturated heterocycles. The fourth-order valence-corrected chi connectivity index (χ4v) is 3.33. The van der Waals surface area contributed by atoms with Gasteiger partial charge in [0.1, 0.15) is 5.75 Å². The molecule has 154 valence electrons. The van der Waals surface area contributed by atoms with E-state index < -0.39 is 5.97 Å². The van der Waals surface area contributed by atoms with Crippen molar-refractivity contribution in [1.29, 1.82) is 0 Å². The number of aromatic amines is 1. The third-order valence-electron chi connectivity index (χ3n) is 4.73. The second-order valence-electron chi connectivity index (χ2n) is 7.26. The molecule has 1 heterocycles. The number of carbonyl (C=O) groups is 1. The Balaban J connectivity index is 1.50. The van der Waals surface area contributed by atoms with Crippen molar-refractivity contribution in [2.75, 3.05) is 13.2 Å². The first-order valence-corrected chi connectivity index (χ1v) is 10.0. The van der Waals surface area contributed by atoms with Crippen LogP contribution in [0.25, 0.3) is 11.0 Å². The lowest BCUT2D eigenvalue weighted by Gasteiger charge is -2.15. The van der Waals surface area contributed by atoms with Gasteiger partial charge in [-0.15, -0.1) is 0 Å². The van der Waals surface area contributed by atoms with Gasteiger partial charge in [-0.3, -0.25) is 4.57 Å². The van der Waals surface area contributed by atoms with Crippen LogP contribution in [0, 0.1) is 6.92 Å². The van der Waals surface area contributed by atoms with Crippen molar-refractivity contribution in [2.24, 2.45) is 0 Å². The summed E-state index contributed by atoms with van der Waals surface area (Å²) in [6.07, 6.45) is 0.533. The van der Waals surface area contributed by atoms with Crippen LogP contribution in [-0.2, 0) is 16.1 Å². The Bertz CT molecular complexity index is 1070. The Kier molecular flexibility index (Phi) is 6.64. The second-order valence-corrected chi connectivity index (χ2v) is 7.66. The van der Waals surface area contributed by atoms with E-state index in [9.17, 15) is 9.59 Å². The second kappa shape index (κ2) is 9.18. The number of aromatic nitrogens is 2. The summed E-state index contributed by atoms with van der Waals surface area (Å²) in [5.74, 6) is 0.413. The molecule has 0 radical (unpaired) electrons. The maximum Gasteiger partial charge on any atom is 0.344 e. The number of rotatable bonds is 8. The first kappa shape index (κ1) is 21.0. The highest BCUT2D eigenvalue weighted by atomic mass is 35.5. The number of H-pyrrole nitrogens is 1. The predicted octanol–water partition coefficient (Wildman–Crippen LogP) is 4.43. The Labute approximate surface area is 174 Å². The lowest BCUT2D eigenvalue weighted by atomic mass is 10.0. The average molecular weight is 417 g/mol. The highest BCUT2D eigenvalue weighted by Gasteiger charge is 2.13. The molecule has 3 aromatic rings. The van der Waals surface area contributed by atoms with Crippen molar-refractivity contribution >= 4 is 28.6 Å². The van der Waals surface area contributed by atoms with Crippen LogP contribution in [0.3, 0.4) is 0 Å². The van der Waals surface area contributed by atoms with E-state index in [2.05, 4.69) is 4.98 Å². The molecule has 0 fully saturated rings. The third-order valence-corrected chi connectivity index (χ3v) is 5.14. The van der Waals surface area contributed by atoms with Crippen LogP contribution < -0.4 is 10.4 Å². The molecular formula is C22H25ClN2O4. The number of aryl methyl sites for hydroxylation is 2. The highest BCUT2D eigenvalue weighted by molar-refractivity contribution is 6.31. The molecule has 1 N–H and O–H groups in total. The molecule has 0 aliphatic carbocycles. The summed E-state index contributed by atoms with van der Waals surface area (Å²) < 4.78 is 12.6. The molecule has 0 aliphatic rings. The summed E-state index contributed by atoms with van der Waals surface area (Å²) in [4.78, 5) is 26.9. The van der Waals surface area contributed by atoms with E-state index in [-0.39, 0.29) is 24.8 Å². The first-order valence-electron chi connectivity index (χ1n) is 9.63. The summed E-state index contributed by atoms with van der Waals surface area (Å²) >= 11 is 6.19. The largest absolute Gasteiger partial charge is 0.482 e. The number of benzene rings is 2. The lowest BCUT2D eigenvalue weighted by molar-refractivity contribution is -0.146. The number of halogens is 1. The average Bonchev–Trinajstić information content (AvgIpc) is 3.00. The van der Waals surface area contributed by atoms with Crippen LogP contribution in [0.1, 0.15) is 37.3 Å². The SMILES string of the molecule is Cc1cc(OCC(=O)OCCCn2c(=O)[nH]c3ccccc32)c(C(C)C)cc1Cl. The molecule has 0 spiro atoms. The highest BCUT2D eigenvalue weighted by Crippen LogP contribution is 2.32. The smallest absolute Gasteiger partial charge is 0.344 e. The minimum Gasteiger partial charge on any atom is -0.482 e. The molecule has 0 bridgehead atoms. The number of para-hydroxylation sites is 2. The number of imidazole rings is 1. The molecule has 3 rings (SSSR count). The minimum absolute atomic E-state index is 0.166. The standard InChI is InChI=1S/C22H25ClN2O4/c1-14(2)16-12-17(23)15(3)11-20(16)29-13-21(26)28-10-6-9-25-19-8-5-4-7-18(19)24-22(25)27/h4-5,7-8,11-12,14H,6,9-10,13H2,1-3H3,(H,24,27). The number of hydrogen-bond donors (Lipinski definition) is 1. The maximum atomic E-state index is 12.0. The van der Waals surface area contributed by atoms with Gasteiger partial charge < -0.3 is 14.5 Å². The van der Waals surface area contributed by atoms with Gasteiger partial charge in [0.05, 0.1) is 17.6 Å². The molecule has 29 heavy (non-hydrogen) atoms. The van der Waals surface area contributed by atoms with Gasteiger partial charge in [0.15, 0.2) is 6.61 Å². The van der Waals surface area contributed by atoms with E-state index in [1.165, 1.54) is 0 Å². The number of ether oxygens (including phenoxy) is 2. The van der Waals surface area contributed by atoms with Crippen molar-refractivity contribution in [2.45, 2.75) is 39.7 Å². The number of esters is 1. The van der Waals surface area contributed by atoms with Gasteiger partial charge in [-0.1, -0.05) is 37.6 Å². The molecule has 0 saturated carbocycles. The van der Waals surface area contributed by atoms with Crippen molar-refractivity contribution in [3.8, 4) is 5.75 Å². The van der Waals surface area contributed by atoms with Gasteiger partial charge >= 0.3 is 11.7 Å². The van der Waals surface area contributed by atoms with Crippen molar-refractivity contribution in [3.05, 3.63) is 63.0 Å². The molecule has 1 aromatic heterocycles. The Morgan fingerprint density at radius 2 is 2.00 bits per heavy atom. The lowest BCUT2D eigenvalue weighted by Crippen LogP contribution is -2.20. The normalized spacial score (nSPS) is 11.2. The summed E-state index contributed by atoms with van der Waals surface area (Å²) in [5.41, 5.74) is 3.31. The summed E-state index contributed by atoms with van der Waals surface area (Å²) in [6, 6.07) is 11.2. The Morgan fingerprint density at radius 3 is 2.76 bits per heavy atom. The molecule has 0 amide bonds. The Hall–Kier alpha value is -2.73. The van der Waals surface area contributed by atoms with Gasteiger partial charge in [-0.2, -0.15) is 0 Å². The zero-order valence-electron chi connectivity index (χ0n) is 16.8. The van der Waals surface area contributed by atoms with E-state index in [0.717, 1.165) is 22.2 Å². The quantitative estimate of drug-likeness (QED) is 0.435. The van der Waals surface area contributed by atoms with Gasteiger partial charge in [0.2, 0.25) is 0 Å². The van der Waals surface area contributed by atoms with Gasteiger partial charge in [0, 0.05) is 11.6 Å². The van der Waals surface area contributed by atoms with Crippen LogP contribution in [0.2, 0.25) is 5.02 Å². The van der Waals surface area contributed by atoms with E-state index in [1.54, 1.807) is 4.57 Å². The third kappa shape index (κ3) is 5.01. The molecule has 6 nitrogen and oxygen atoms in total. The maximum absolute atomic E-state index is 12.0. The van der Waals surface area contributed by atoms with Crippen LogP contribution in [-0.4, -0.2) is 28.7 Å². The van der Waals surface area contributed by atoms with E-state index >= 15 is 0 Å². The Morgan fingerprint density at radius 1 is 1.24 bits per heavy atom. The van der Waals surface area contributed by atoms with Crippen molar-refractivity contribution in [3.63, 3.8) is 0 Å². The first-order chi connectivity index (χ1) is 13.9. The van der Waals surface area contributed by atoms with E-state index in [0.29, 0.717) is 23.7 Å². The van der Waals surface area contributed by atoms with E-state index in [1.807, 2.05) is 57.2 Å². The van der Waals surface area contributed by atoms with Gasteiger partial charge in [0.25, 0.3) is 0 Å². The number of nitrogens with one attached hydrogen (secondary N) is 1. The predicted molar refractivity (Wildman–Crippen MR) is 114 cm³/mol. The van der Waals surface area contributed by atoms with Gasteiger partial charge in [-0.25, -0.2) is 9.59 Å². The zero-order valence-corrected chi connectivity index (χ0v) is 17.6. The minimum atomic E-state index is -0.446. The molecule has 7 heteroatoms. The number of fused-ring (bicyclic) bond motifs is 1. The number of hydrogen-bond acceptors (Lipinski definition) is 4. The van der Waals surface area contributed by atoms with Crippen LogP contribution in [0.15, 0.2) is 41.2 Å². The summed E-state index contributed by atoms with van der Waals surface area (Å²) in [7, 11) is 0. The fourth-order valence-electron chi connectivity index (χ4n) is 3.16. The molecular weight excluding hydrogens is 392 g/mol.